The lowest BCUT2D eigenvalue weighted by Crippen LogP contribution is -2.28. The number of benzene rings is 1. The monoisotopic (exact) mass is 413 g/mol. The molecule has 7 heteroatoms. The van der Waals surface area contributed by atoms with Gasteiger partial charge in [-0.3, -0.25) is 9.59 Å². The third-order valence-electron chi connectivity index (χ3n) is 5.19. The minimum absolute atomic E-state index is 0.0573. The minimum Gasteiger partial charge on any atom is -0.481 e. The summed E-state index contributed by atoms with van der Waals surface area (Å²) in [5, 5.41) is 2.84. The van der Waals surface area contributed by atoms with Gasteiger partial charge in [-0.05, 0) is 43.6 Å². The predicted molar refractivity (Wildman–Crippen MR) is 109 cm³/mol. The molecule has 1 N–H and O–H groups in total. The van der Waals surface area contributed by atoms with E-state index in [0.717, 1.165) is 37.7 Å². The lowest BCUT2D eigenvalue weighted by molar-refractivity contribution is -0.171. The highest BCUT2D eigenvalue weighted by Crippen LogP contribution is 2.28. The number of carbonyl (C=O) groups excluding carboxylic acids is 1. The van der Waals surface area contributed by atoms with E-state index in [1.165, 1.54) is 6.07 Å². The summed E-state index contributed by atoms with van der Waals surface area (Å²) in [5.74, 6) is 0.145. The second-order valence-electron chi connectivity index (χ2n) is 7.77. The number of nitrogens with one attached hydrogen (secondary N) is 1. The zero-order valence-corrected chi connectivity index (χ0v) is 16.9. The van der Waals surface area contributed by atoms with E-state index in [1.54, 1.807) is 0 Å². The third kappa shape index (κ3) is 5.70. The molecular weight excluding hydrogens is 386 g/mol. The Morgan fingerprint density at radius 1 is 1.10 bits per heavy atom. The molecule has 1 aromatic heterocycles. The van der Waals surface area contributed by atoms with Gasteiger partial charge in [0.25, 0.3) is 5.91 Å². The normalized spacial score (nSPS) is 18.7. The fraction of sp³-hybridized carbons (Fsp3) is 0.478. The van der Waals surface area contributed by atoms with Crippen LogP contribution >= 0.6 is 0 Å². The number of rotatable bonds is 9. The first-order valence-electron chi connectivity index (χ1n) is 10.5. The Hall–Kier alpha value is -2.64. The summed E-state index contributed by atoms with van der Waals surface area (Å²) < 4.78 is 22.7. The van der Waals surface area contributed by atoms with Gasteiger partial charge in [-0.25, -0.2) is 0 Å². The quantitative estimate of drug-likeness (QED) is 0.678. The Labute approximate surface area is 175 Å². The van der Waals surface area contributed by atoms with Crippen LogP contribution in [0.3, 0.4) is 0 Å². The number of carbonyl (C=O) groups is 1. The van der Waals surface area contributed by atoms with Gasteiger partial charge in [0.2, 0.25) is 16.9 Å². The van der Waals surface area contributed by atoms with Gasteiger partial charge in [0, 0.05) is 19.2 Å². The summed E-state index contributed by atoms with van der Waals surface area (Å²) in [7, 11) is 0. The Morgan fingerprint density at radius 3 is 2.67 bits per heavy atom. The van der Waals surface area contributed by atoms with Crippen molar-refractivity contribution in [2.24, 2.45) is 5.92 Å². The van der Waals surface area contributed by atoms with Gasteiger partial charge in [0.15, 0.2) is 6.29 Å². The van der Waals surface area contributed by atoms with E-state index in [-0.39, 0.29) is 36.8 Å². The maximum Gasteiger partial charge on any atom is 0.291 e. The van der Waals surface area contributed by atoms with Crippen molar-refractivity contribution in [2.75, 3.05) is 13.2 Å². The molecule has 1 aliphatic carbocycles. The average Bonchev–Trinajstić information content (AvgIpc) is 3.61. The molecule has 0 bridgehead atoms. The van der Waals surface area contributed by atoms with Crippen LogP contribution in [0.4, 0.5) is 0 Å². The smallest absolute Gasteiger partial charge is 0.291 e. The summed E-state index contributed by atoms with van der Waals surface area (Å²) in [4.78, 5) is 25.5. The van der Waals surface area contributed by atoms with Gasteiger partial charge in [-0.15, -0.1) is 0 Å². The SMILES string of the molecule is O=C(NCC1CC1)c1oc(COC2CCCCO2)cc(=O)c1OCc1ccccc1. The molecule has 1 saturated heterocycles. The first-order chi connectivity index (χ1) is 14.7. The van der Waals surface area contributed by atoms with Crippen LogP contribution in [-0.4, -0.2) is 25.3 Å². The van der Waals surface area contributed by atoms with E-state index in [2.05, 4.69) is 5.32 Å². The molecule has 30 heavy (non-hydrogen) atoms. The van der Waals surface area contributed by atoms with E-state index in [1.807, 2.05) is 30.3 Å². The van der Waals surface area contributed by atoms with Crippen molar-refractivity contribution in [1.29, 1.82) is 0 Å². The van der Waals surface area contributed by atoms with E-state index >= 15 is 0 Å². The van der Waals surface area contributed by atoms with E-state index < -0.39 is 11.3 Å². The Balaban J connectivity index is 1.50. The topological polar surface area (TPSA) is 87.0 Å². The third-order valence-corrected chi connectivity index (χ3v) is 5.19. The van der Waals surface area contributed by atoms with Gasteiger partial charge in [0.1, 0.15) is 19.0 Å². The predicted octanol–water partition coefficient (Wildman–Crippen LogP) is 3.40. The molecule has 1 aromatic carbocycles. The van der Waals surface area contributed by atoms with Crippen molar-refractivity contribution in [3.05, 3.63) is 63.7 Å². The fourth-order valence-electron chi connectivity index (χ4n) is 3.27. The standard InChI is InChI=1S/C23H27NO6/c25-19-12-18(15-28-20-8-4-5-11-27-20)30-22(23(26)24-13-16-9-10-16)21(19)29-14-17-6-2-1-3-7-17/h1-3,6-7,12,16,20H,4-5,8-11,13-15H2,(H,24,26). The van der Waals surface area contributed by atoms with Crippen LogP contribution in [0.2, 0.25) is 0 Å². The van der Waals surface area contributed by atoms with Gasteiger partial charge in [-0.1, -0.05) is 30.3 Å². The van der Waals surface area contributed by atoms with E-state index in [9.17, 15) is 9.59 Å². The number of hydrogen-bond donors (Lipinski definition) is 1. The van der Waals surface area contributed by atoms with Crippen molar-refractivity contribution < 1.29 is 23.4 Å². The molecule has 4 rings (SSSR count). The summed E-state index contributed by atoms with van der Waals surface area (Å²) in [6, 6.07) is 10.8. The lowest BCUT2D eigenvalue weighted by atomic mass is 10.2. The Morgan fingerprint density at radius 2 is 1.93 bits per heavy atom. The molecule has 2 fully saturated rings. The molecule has 2 aromatic rings. The highest BCUT2D eigenvalue weighted by Gasteiger charge is 2.26. The fourth-order valence-corrected chi connectivity index (χ4v) is 3.27. The number of amides is 1. The van der Waals surface area contributed by atoms with Gasteiger partial charge in [-0.2, -0.15) is 0 Å². The zero-order chi connectivity index (χ0) is 20.8. The molecule has 2 heterocycles. The Bertz CT molecular complexity index is 900. The lowest BCUT2D eigenvalue weighted by Gasteiger charge is -2.22. The maximum atomic E-state index is 12.7. The molecule has 160 valence electrons. The molecule has 1 unspecified atom stereocenters. The van der Waals surface area contributed by atoms with Crippen molar-refractivity contribution in [3.63, 3.8) is 0 Å². The second kappa shape index (κ2) is 9.91. The van der Waals surface area contributed by atoms with Crippen LogP contribution in [0.25, 0.3) is 0 Å². The molecule has 0 radical (unpaired) electrons. The maximum absolute atomic E-state index is 12.7. The van der Waals surface area contributed by atoms with Crippen LogP contribution in [0, 0.1) is 5.92 Å². The van der Waals surface area contributed by atoms with Crippen molar-refractivity contribution in [3.8, 4) is 5.75 Å². The first-order valence-corrected chi connectivity index (χ1v) is 10.5. The summed E-state index contributed by atoms with van der Waals surface area (Å²) >= 11 is 0. The summed E-state index contributed by atoms with van der Waals surface area (Å²) in [6.45, 7) is 1.45. The summed E-state index contributed by atoms with van der Waals surface area (Å²) in [5.41, 5.74) is 0.486. The first kappa shape index (κ1) is 20.6. The van der Waals surface area contributed by atoms with Gasteiger partial charge >= 0.3 is 0 Å². The molecule has 0 spiro atoms. The zero-order valence-electron chi connectivity index (χ0n) is 16.9. The van der Waals surface area contributed by atoms with E-state index in [0.29, 0.717) is 19.1 Å². The van der Waals surface area contributed by atoms with Crippen LogP contribution in [0.15, 0.2) is 45.6 Å². The molecule has 1 amide bonds. The largest absolute Gasteiger partial charge is 0.481 e. The molecule has 7 nitrogen and oxygen atoms in total. The van der Waals surface area contributed by atoms with Gasteiger partial charge in [0.05, 0.1) is 0 Å². The van der Waals surface area contributed by atoms with Crippen molar-refractivity contribution in [2.45, 2.75) is 51.6 Å². The average molecular weight is 413 g/mol. The van der Waals surface area contributed by atoms with Crippen LogP contribution in [0.1, 0.15) is 54.0 Å². The highest BCUT2D eigenvalue weighted by atomic mass is 16.7. The number of ether oxygens (including phenoxy) is 3. The molecule has 1 aliphatic heterocycles. The Kier molecular flexibility index (Phi) is 6.81. The summed E-state index contributed by atoms with van der Waals surface area (Å²) in [6.07, 6.45) is 4.76. The van der Waals surface area contributed by atoms with Crippen LogP contribution < -0.4 is 15.5 Å². The highest BCUT2D eigenvalue weighted by molar-refractivity contribution is 5.93. The van der Waals surface area contributed by atoms with Crippen molar-refractivity contribution >= 4 is 5.91 Å². The number of hydrogen-bond acceptors (Lipinski definition) is 6. The minimum atomic E-state index is -0.446. The molecule has 2 aliphatic rings. The van der Waals surface area contributed by atoms with Crippen LogP contribution in [0.5, 0.6) is 5.75 Å². The molecule has 1 atom stereocenters. The van der Waals surface area contributed by atoms with Gasteiger partial charge < -0.3 is 23.9 Å². The molecule has 1 saturated carbocycles. The van der Waals surface area contributed by atoms with Crippen molar-refractivity contribution in [1.82, 2.24) is 5.32 Å². The second-order valence-corrected chi connectivity index (χ2v) is 7.77. The van der Waals surface area contributed by atoms with E-state index in [4.69, 9.17) is 18.6 Å². The molecular formula is C23H27NO6. The van der Waals surface area contributed by atoms with Crippen LogP contribution in [-0.2, 0) is 22.7 Å².